The first-order valence-corrected chi connectivity index (χ1v) is 6.27. The fourth-order valence-electron chi connectivity index (χ4n) is 1.33. The summed E-state index contributed by atoms with van der Waals surface area (Å²) in [5, 5.41) is 4.67. The average molecular weight is 227 g/mol. The van der Waals surface area contributed by atoms with Crippen LogP contribution in [0.1, 0.15) is 36.2 Å². The third-order valence-electron chi connectivity index (χ3n) is 2.15. The summed E-state index contributed by atoms with van der Waals surface area (Å²) in [7, 11) is 4.14. The van der Waals surface area contributed by atoms with Gasteiger partial charge in [-0.25, -0.2) is 4.98 Å². The van der Waals surface area contributed by atoms with E-state index in [9.17, 15) is 0 Å². The Morgan fingerprint density at radius 3 is 2.87 bits per heavy atom. The molecule has 1 aromatic rings. The van der Waals surface area contributed by atoms with Crippen molar-refractivity contribution >= 4 is 11.3 Å². The molecular formula is C11H21N3S. The second-order valence-corrected chi connectivity index (χ2v) is 5.22. The molecule has 0 radical (unpaired) electrons. The highest BCUT2D eigenvalue weighted by molar-refractivity contribution is 7.11. The van der Waals surface area contributed by atoms with Gasteiger partial charge in [0.2, 0.25) is 0 Å². The Hall–Kier alpha value is -0.450. The molecule has 0 saturated heterocycles. The number of aromatic nitrogens is 1. The van der Waals surface area contributed by atoms with Gasteiger partial charge in [0.25, 0.3) is 0 Å². The summed E-state index contributed by atoms with van der Waals surface area (Å²) in [6.45, 7) is 6.39. The van der Waals surface area contributed by atoms with Gasteiger partial charge in [0.05, 0.1) is 0 Å². The zero-order chi connectivity index (χ0) is 11.3. The van der Waals surface area contributed by atoms with E-state index in [4.69, 9.17) is 0 Å². The van der Waals surface area contributed by atoms with Crippen LogP contribution in [0.5, 0.6) is 0 Å². The SMILES string of the molecule is CCCNC(C)c1cnc(CN(C)C)s1. The van der Waals surface area contributed by atoms with Crippen LogP contribution in [0.15, 0.2) is 6.20 Å². The Balaban J connectivity index is 2.51. The molecule has 0 aliphatic heterocycles. The summed E-state index contributed by atoms with van der Waals surface area (Å²) >= 11 is 1.80. The first-order valence-electron chi connectivity index (χ1n) is 5.46. The summed E-state index contributed by atoms with van der Waals surface area (Å²) in [5.74, 6) is 0. The molecule has 1 atom stereocenters. The van der Waals surface area contributed by atoms with E-state index in [1.807, 2.05) is 6.20 Å². The lowest BCUT2D eigenvalue weighted by atomic mass is 10.3. The van der Waals surface area contributed by atoms with Crippen molar-refractivity contribution < 1.29 is 0 Å². The molecular weight excluding hydrogens is 206 g/mol. The Bertz CT molecular complexity index is 283. The molecule has 1 heterocycles. The van der Waals surface area contributed by atoms with Gasteiger partial charge >= 0.3 is 0 Å². The lowest BCUT2D eigenvalue weighted by Crippen LogP contribution is -2.18. The van der Waals surface area contributed by atoms with Crippen molar-refractivity contribution in [2.45, 2.75) is 32.9 Å². The summed E-state index contributed by atoms with van der Waals surface area (Å²) in [4.78, 5) is 7.90. The summed E-state index contributed by atoms with van der Waals surface area (Å²) in [6, 6.07) is 0.429. The standard InChI is InChI=1S/C11H21N3S/c1-5-6-12-9(2)10-7-13-11(15-10)8-14(3)4/h7,9,12H,5-6,8H2,1-4H3. The fourth-order valence-corrected chi connectivity index (χ4v) is 2.40. The Kier molecular flexibility index (Phi) is 5.22. The fraction of sp³-hybridized carbons (Fsp3) is 0.727. The predicted octanol–water partition coefficient (Wildman–Crippen LogP) is 2.27. The van der Waals surface area contributed by atoms with E-state index in [2.05, 4.69) is 43.1 Å². The highest BCUT2D eigenvalue weighted by atomic mass is 32.1. The van der Waals surface area contributed by atoms with Crippen molar-refractivity contribution in [1.82, 2.24) is 15.2 Å². The van der Waals surface area contributed by atoms with E-state index in [1.165, 1.54) is 16.3 Å². The molecule has 0 fully saturated rings. The van der Waals surface area contributed by atoms with Crippen molar-refractivity contribution in [1.29, 1.82) is 0 Å². The topological polar surface area (TPSA) is 28.2 Å². The Morgan fingerprint density at radius 2 is 2.27 bits per heavy atom. The molecule has 0 spiro atoms. The number of hydrogen-bond acceptors (Lipinski definition) is 4. The molecule has 0 bridgehead atoms. The summed E-state index contributed by atoms with van der Waals surface area (Å²) in [6.07, 6.45) is 3.17. The van der Waals surface area contributed by atoms with Gasteiger partial charge in [-0.05, 0) is 34.0 Å². The molecule has 0 saturated carbocycles. The van der Waals surface area contributed by atoms with Gasteiger partial charge in [-0.2, -0.15) is 0 Å². The monoisotopic (exact) mass is 227 g/mol. The molecule has 3 nitrogen and oxygen atoms in total. The third-order valence-corrected chi connectivity index (χ3v) is 3.32. The van der Waals surface area contributed by atoms with Crippen LogP contribution in [0.3, 0.4) is 0 Å². The van der Waals surface area contributed by atoms with Crippen molar-refractivity contribution in [3.05, 3.63) is 16.1 Å². The average Bonchev–Trinajstić information content (AvgIpc) is 2.61. The lowest BCUT2D eigenvalue weighted by molar-refractivity contribution is 0.401. The zero-order valence-electron chi connectivity index (χ0n) is 10.1. The largest absolute Gasteiger partial charge is 0.309 e. The molecule has 15 heavy (non-hydrogen) atoms. The van der Waals surface area contributed by atoms with Gasteiger partial charge < -0.3 is 10.2 Å². The van der Waals surface area contributed by atoms with E-state index < -0.39 is 0 Å². The highest BCUT2D eigenvalue weighted by Crippen LogP contribution is 2.21. The van der Waals surface area contributed by atoms with Crippen molar-refractivity contribution in [3.63, 3.8) is 0 Å². The zero-order valence-corrected chi connectivity index (χ0v) is 10.9. The second-order valence-electron chi connectivity index (χ2n) is 4.07. The highest BCUT2D eigenvalue weighted by Gasteiger charge is 2.09. The lowest BCUT2D eigenvalue weighted by Gasteiger charge is -2.10. The second kappa shape index (κ2) is 6.20. The van der Waals surface area contributed by atoms with Crippen molar-refractivity contribution in [3.8, 4) is 0 Å². The molecule has 4 heteroatoms. The molecule has 1 unspecified atom stereocenters. The number of thiazole rings is 1. The summed E-state index contributed by atoms with van der Waals surface area (Å²) < 4.78 is 0. The maximum Gasteiger partial charge on any atom is 0.107 e. The Labute approximate surface area is 96.5 Å². The van der Waals surface area contributed by atoms with E-state index in [0.29, 0.717) is 6.04 Å². The maximum atomic E-state index is 4.42. The quantitative estimate of drug-likeness (QED) is 0.808. The predicted molar refractivity (Wildman–Crippen MR) is 66.2 cm³/mol. The van der Waals surface area contributed by atoms with Crippen LogP contribution in [0, 0.1) is 0 Å². The molecule has 0 aliphatic rings. The van der Waals surface area contributed by atoms with Crippen LogP contribution in [-0.2, 0) is 6.54 Å². The third kappa shape index (κ3) is 4.28. The van der Waals surface area contributed by atoms with Gasteiger partial charge in [-0.3, -0.25) is 0 Å². The van der Waals surface area contributed by atoms with Gasteiger partial charge in [0.15, 0.2) is 0 Å². The van der Waals surface area contributed by atoms with E-state index >= 15 is 0 Å². The van der Waals surface area contributed by atoms with Gasteiger partial charge in [-0.15, -0.1) is 11.3 Å². The Morgan fingerprint density at radius 1 is 1.53 bits per heavy atom. The van der Waals surface area contributed by atoms with Crippen LogP contribution in [0.25, 0.3) is 0 Å². The number of nitrogens with zero attached hydrogens (tertiary/aromatic N) is 2. The molecule has 1 rings (SSSR count). The maximum absolute atomic E-state index is 4.42. The molecule has 86 valence electrons. The minimum Gasteiger partial charge on any atom is -0.309 e. The van der Waals surface area contributed by atoms with E-state index in [1.54, 1.807) is 11.3 Å². The normalized spacial score (nSPS) is 13.4. The molecule has 1 N–H and O–H groups in total. The van der Waals surface area contributed by atoms with Crippen molar-refractivity contribution in [2.24, 2.45) is 0 Å². The number of hydrogen-bond donors (Lipinski definition) is 1. The smallest absolute Gasteiger partial charge is 0.107 e. The van der Waals surface area contributed by atoms with Crippen LogP contribution in [0.2, 0.25) is 0 Å². The molecule has 0 aliphatic carbocycles. The van der Waals surface area contributed by atoms with Crippen LogP contribution in [0.4, 0.5) is 0 Å². The first kappa shape index (κ1) is 12.6. The van der Waals surface area contributed by atoms with Gasteiger partial charge in [0, 0.05) is 23.7 Å². The molecule has 0 aromatic carbocycles. The first-order chi connectivity index (χ1) is 7.13. The molecule has 1 aromatic heterocycles. The minimum absolute atomic E-state index is 0.429. The van der Waals surface area contributed by atoms with E-state index in [-0.39, 0.29) is 0 Å². The van der Waals surface area contributed by atoms with Gasteiger partial charge in [-0.1, -0.05) is 6.92 Å². The van der Waals surface area contributed by atoms with Gasteiger partial charge in [0.1, 0.15) is 5.01 Å². The van der Waals surface area contributed by atoms with E-state index in [0.717, 1.165) is 13.1 Å². The summed E-state index contributed by atoms with van der Waals surface area (Å²) in [5.41, 5.74) is 0. The minimum atomic E-state index is 0.429. The van der Waals surface area contributed by atoms with Crippen molar-refractivity contribution in [2.75, 3.05) is 20.6 Å². The number of nitrogens with one attached hydrogen (secondary N) is 1. The van der Waals surface area contributed by atoms with Crippen LogP contribution in [-0.4, -0.2) is 30.5 Å². The number of rotatable bonds is 6. The van der Waals surface area contributed by atoms with Crippen LogP contribution >= 0.6 is 11.3 Å². The van der Waals surface area contributed by atoms with Crippen LogP contribution < -0.4 is 5.32 Å². The molecule has 0 amide bonds.